The molecule has 21 heavy (non-hydrogen) atoms. The molecule has 0 saturated heterocycles. The molecule has 0 atom stereocenters. The molecule has 2 rings (SSSR count). The molecule has 2 aromatic heterocycles. The molecule has 0 saturated carbocycles. The average molecular weight is 329 g/mol. The predicted octanol–water partition coefficient (Wildman–Crippen LogP) is 2.27. The normalized spacial score (nSPS) is 12.3. The van der Waals surface area contributed by atoms with Crippen LogP contribution in [0.25, 0.3) is 0 Å². The largest absolute Gasteiger partial charge is 0.477 e. The number of nitrogens with zero attached hydrogens (tertiary/aromatic N) is 1. The molecule has 3 N–H and O–H groups in total. The molecule has 0 radical (unpaired) electrons. The SMILES string of the molecule is CC(C)(C)c1cc(NS(=O)(=O)c2ccsc2C(=O)O)n[nH]1. The highest BCUT2D eigenvalue weighted by Crippen LogP contribution is 2.26. The zero-order chi connectivity index (χ0) is 15.8. The summed E-state index contributed by atoms with van der Waals surface area (Å²) in [6.07, 6.45) is 0. The Bertz CT molecular complexity index is 769. The topological polar surface area (TPSA) is 112 Å². The van der Waals surface area contributed by atoms with Crippen molar-refractivity contribution in [2.24, 2.45) is 0 Å². The Labute approximate surface area is 126 Å². The zero-order valence-corrected chi connectivity index (χ0v) is 13.3. The van der Waals surface area contributed by atoms with Crippen LogP contribution in [-0.2, 0) is 15.4 Å². The summed E-state index contributed by atoms with van der Waals surface area (Å²) >= 11 is 0.858. The summed E-state index contributed by atoms with van der Waals surface area (Å²) in [5.74, 6) is -1.15. The molecule has 0 amide bonds. The standard InChI is InChI=1S/C12H15N3O4S2/c1-12(2,3)8-6-9(14-13-8)15-21(18,19)7-4-5-20-10(7)11(16)17/h4-6H,1-3H3,(H,16,17)(H2,13,14,15). The van der Waals surface area contributed by atoms with Crippen molar-refractivity contribution >= 4 is 33.1 Å². The van der Waals surface area contributed by atoms with Crippen LogP contribution in [0.15, 0.2) is 22.4 Å². The van der Waals surface area contributed by atoms with Gasteiger partial charge in [0.1, 0.15) is 9.77 Å². The maximum absolute atomic E-state index is 12.2. The van der Waals surface area contributed by atoms with Gasteiger partial charge < -0.3 is 5.11 Å². The fourth-order valence-corrected chi connectivity index (χ4v) is 3.87. The number of rotatable bonds is 4. The molecule has 2 heterocycles. The van der Waals surface area contributed by atoms with Gasteiger partial charge in [-0.2, -0.15) is 5.10 Å². The second kappa shape index (κ2) is 5.15. The second-order valence-electron chi connectivity index (χ2n) is 5.44. The van der Waals surface area contributed by atoms with Gasteiger partial charge in [0.2, 0.25) is 0 Å². The van der Waals surface area contributed by atoms with E-state index in [2.05, 4.69) is 14.9 Å². The minimum atomic E-state index is -3.98. The van der Waals surface area contributed by atoms with Gasteiger partial charge in [0.05, 0.1) is 0 Å². The molecule has 0 aliphatic rings. The maximum Gasteiger partial charge on any atom is 0.347 e. The van der Waals surface area contributed by atoms with Gasteiger partial charge >= 0.3 is 5.97 Å². The van der Waals surface area contributed by atoms with Gasteiger partial charge in [0.25, 0.3) is 10.0 Å². The third-order valence-corrected chi connectivity index (χ3v) is 5.17. The molecule has 0 aliphatic carbocycles. The van der Waals surface area contributed by atoms with Gasteiger partial charge in [0, 0.05) is 17.2 Å². The number of hydrogen-bond acceptors (Lipinski definition) is 5. The van der Waals surface area contributed by atoms with Crippen molar-refractivity contribution in [3.63, 3.8) is 0 Å². The van der Waals surface area contributed by atoms with Crippen LogP contribution in [0.4, 0.5) is 5.82 Å². The van der Waals surface area contributed by atoms with Gasteiger partial charge in [0.15, 0.2) is 5.82 Å². The van der Waals surface area contributed by atoms with Crippen molar-refractivity contribution in [2.75, 3.05) is 4.72 Å². The summed E-state index contributed by atoms with van der Waals surface area (Å²) in [4.78, 5) is 10.5. The minimum absolute atomic E-state index is 0.127. The number of aromatic amines is 1. The fourth-order valence-electron chi connectivity index (χ4n) is 1.62. The summed E-state index contributed by atoms with van der Waals surface area (Å²) in [7, 11) is -3.98. The van der Waals surface area contributed by atoms with E-state index in [-0.39, 0.29) is 21.0 Å². The Hall–Kier alpha value is -1.87. The van der Waals surface area contributed by atoms with E-state index >= 15 is 0 Å². The number of hydrogen-bond donors (Lipinski definition) is 3. The van der Waals surface area contributed by atoms with Gasteiger partial charge in [-0.25, -0.2) is 13.2 Å². The smallest absolute Gasteiger partial charge is 0.347 e. The number of aromatic carboxylic acids is 1. The van der Waals surface area contributed by atoms with E-state index in [9.17, 15) is 13.2 Å². The van der Waals surface area contributed by atoms with Crippen LogP contribution in [0.5, 0.6) is 0 Å². The summed E-state index contributed by atoms with van der Waals surface area (Å²) in [5.41, 5.74) is 0.564. The quantitative estimate of drug-likeness (QED) is 0.796. The molecule has 2 aromatic rings. The molecule has 0 unspecified atom stereocenters. The Morgan fingerprint density at radius 1 is 1.43 bits per heavy atom. The van der Waals surface area contributed by atoms with Crippen molar-refractivity contribution in [1.82, 2.24) is 10.2 Å². The van der Waals surface area contributed by atoms with Gasteiger partial charge in [-0.3, -0.25) is 9.82 Å². The van der Waals surface area contributed by atoms with Crippen molar-refractivity contribution in [1.29, 1.82) is 0 Å². The van der Waals surface area contributed by atoms with Gasteiger partial charge in [-0.1, -0.05) is 20.8 Å². The molecular weight excluding hydrogens is 314 g/mol. The molecule has 0 spiro atoms. The lowest BCUT2D eigenvalue weighted by molar-refractivity contribution is 0.0698. The van der Waals surface area contributed by atoms with Crippen molar-refractivity contribution in [3.05, 3.63) is 28.1 Å². The van der Waals surface area contributed by atoms with E-state index in [1.807, 2.05) is 20.8 Å². The summed E-state index contributed by atoms with van der Waals surface area (Å²) < 4.78 is 26.7. The maximum atomic E-state index is 12.2. The van der Waals surface area contributed by atoms with E-state index < -0.39 is 16.0 Å². The first kappa shape index (κ1) is 15.5. The number of carbonyl (C=O) groups is 1. The molecule has 0 aliphatic heterocycles. The van der Waals surface area contributed by atoms with E-state index in [0.29, 0.717) is 0 Å². The van der Waals surface area contributed by atoms with Crippen LogP contribution in [-0.4, -0.2) is 29.7 Å². The molecule has 7 nitrogen and oxygen atoms in total. The summed E-state index contributed by atoms with van der Waals surface area (Å²) in [6.45, 7) is 5.88. The number of H-pyrrole nitrogens is 1. The first-order chi connectivity index (χ1) is 9.61. The van der Waals surface area contributed by atoms with Crippen LogP contribution in [0, 0.1) is 0 Å². The van der Waals surface area contributed by atoms with Gasteiger partial charge in [-0.05, 0) is 11.4 Å². The number of carboxylic acid groups (broad SMARTS) is 1. The number of thiophene rings is 1. The predicted molar refractivity (Wildman–Crippen MR) is 79.4 cm³/mol. The lowest BCUT2D eigenvalue weighted by atomic mass is 9.92. The number of nitrogens with one attached hydrogen (secondary N) is 2. The summed E-state index contributed by atoms with van der Waals surface area (Å²) in [5, 5.41) is 17.1. The Morgan fingerprint density at radius 3 is 2.62 bits per heavy atom. The molecule has 114 valence electrons. The van der Waals surface area contributed by atoms with Crippen molar-refractivity contribution in [2.45, 2.75) is 31.1 Å². The lowest BCUT2D eigenvalue weighted by Crippen LogP contribution is -2.15. The Morgan fingerprint density at radius 2 is 2.10 bits per heavy atom. The number of carboxylic acids is 1. The second-order valence-corrected chi connectivity index (χ2v) is 8.01. The van der Waals surface area contributed by atoms with E-state index in [0.717, 1.165) is 17.0 Å². The van der Waals surface area contributed by atoms with Crippen molar-refractivity contribution < 1.29 is 18.3 Å². The van der Waals surface area contributed by atoms with Crippen LogP contribution in [0.2, 0.25) is 0 Å². The highest BCUT2D eigenvalue weighted by molar-refractivity contribution is 7.93. The Kier molecular flexibility index (Phi) is 3.81. The number of aromatic nitrogens is 2. The highest BCUT2D eigenvalue weighted by atomic mass is 32.2. The van der Waals surface area contributed by atoms with Crippen molar-refractivity contribution in [3.8, 4) is 0 Å². The molecule has 0 aromatic carbocycles. The first-order valence-electron chi connectivity index (χ1n) is 6.01. The van der Waals surface area contributed by atoms with Gasteiger partial charge in [-0.15, -0.1) is 11.3 Å². The van der Waals surface area contributed by atoms with Crippen LogP contribution in [0.1, 0.15) is 36.1 Å². The summed E-state index contributed by atoms with van der Waals surface area (Å²) in [6, 6.07) is 2.85. The number of anilines is 1. The first-order valence-corrected chi connectivity index (χ1v) is 8.37. The van der Waals surface area contributed by atoms with E-state index in [4.69, 9.17) is 5.11 Å². The molecule has 0 bridgehead atoms. The molecule has 9 heteroatoms. The minimum Gasteiger partial charge on any atom is -0.477 e. The third kappa shape index (κ3) is 3.24. The van der Waals surface area contributed by atoms with Crippen LogP contribution >= 0.6 is 11.3 Å². The average Bonchev–Trinajstić information content (AvgIpc) is 2.93. The highest BCUT2D eigenvalue weighted by Gasteiger charge is 2.25. The lowest BCUT2D eigenvalue weighted by Gasteiger charge is -2.14. The van der Waals surface area contributed by atoms with Crippen LogP contribution < -0.4 is 4.72 Å². The van der Waals surface area contributed by atoms with E-state index in [1.165, 1.54) is 11.4 Å². The zero-order valence-electron chi connectivity index (χ0n) is 11.7. The third-order valence-electron chi connectivity index (χ3n) is 2.74. The number of sulfonamides is 1. The van der Waals surface area contributed by atoms with E-state index in [1.54, 1.807) is 6.07 Å². The molecular formula is C12H15N3O4S2. The molecule has 0 fully saturated rings. The van der Waals surface area contributed by atoms with Crippen LogP contribution in [0.3, 0.4) is 0 Å². The monoisotopic (exact) mass is 329 g/mol. The Balaban J connectivity index is 2.32. The fraction of sp³-hybridized carbons (Fsp3) is 0.333.